The summed E-state index contributed by atoms with van der Waals surface area (Å²) in [5.41, 5.74) is 5.14. The van der Waals surface area contributed by atoms with E-state index in [-0.39, 0.29) is 23.9 Å². The second-order valence-electron chi connectivity index (χ2n) is 5.89. The summed E-state index contributed by atoms with van der Waals surface area (Å²) in [4.78, 5) is 46.4. The van der Waals surface area contributed by atoms with Crippen LogP contribution in [0.25, 0.3) is 0 Å². The number of aromatic nitrogens is 3. The summed E-state index contributed by atoms with van der Waals surface area (Å²) >= 11 is 0. The zero-order valence-electron chi connectivity index (χ0n) is 16.2. The fourth-order valence-electron chi connectivity index (χ4n) is 2.45. The Balaban J connectivity index is 1.78. The Morgan fingerprint density at radius 2 is 1.81 bits per heavy atom. The van der Waals surface area contributed by atoms with Crippen LogP contribution < -0.4 is 16.2 Å². The summed E-state index contributed by atoms with van der Waals surface area (Å²) in [5.74, 6) is -1.41. The normalized spacial score (nSPS) is 10.1. The third-order valence-corrected chi connectivity index (χ3v) is 3.86. The van der Waals surface area contributed by atoms with Crippen LogP contribution in [0.5, 0.6) is 0 Å². The van der Waals surface area contributed by atoms with E-state index >= 15 is 0 Å². The van der Waals surface area contributed by atoms with Crippen molar-refractivity contribution in [3.05, 3.63) is 76.4 Å². The first-order valence-corrected chi connectivity index (χ1v) is 9.00. The van der Waals surface area contributed by atoms with Gasteiger partial charge in [0.25, 0.3) is 5.91 Å². The van der Waals surface area contributed by atoms with Crippen molar-refractivity contribution in [2.45, 2.75) is 6.92 Å². The van der Waals surface area contributed by atoms with Gasteiger partial charge >= 0.3 is 11.7 Å². The molecule has 31 heavy (non-hydrogen) atoms. The van der Waals surface area contributed by atoms with E-state index in [2.05, 4.69) is 31.1 Å². The summed E-state index contributed by atoms with van der Waals surface area (Å²) in [5, 5.41) is 14.4. The molecule has 0 unspecified atom stereocenters. The minimum atomic E-state index is -0.690. The first-order chi connectivity index (χ1) is 15.0. The fourth-order valence-corrected chi connectivity index (χ4v) is 2.45. The molecular weight excluding hydrogens is 406 g/mol. The maximum atomic E-state index is 12.1. The Bertz CT molecular complexity index is 1090. The average Bonchev–Trinajstić information content (AvgIpc) is 2.78. The van der Waals surface area contributed by atoms with Crippen molar-refractivity contribution in [2.75, 3.05) is 17.3 Å². The molecule has 0 atom stereocenters. The Morgan fingerprint density at radius 1 is 1.06 bits per heavy atom. The molecule has 2 aromatic heterocycles. The molecule has 12 heteroatoms. The standard InChI is InChI=1S/C19H17N7O5/c1-2-31-19(28)12-6-8-13(9-7-12)23-16-15(26(29)30)17(22-11-21-16)24-25-18(27)14-5-3-4-10-20-14/h3-11H,2H2,1H3,(H,25,27)(H2,21,22,23,24). The molecule has 0 spiro atoms. The summed E-state index contributed by atoms with van der Waals surface area (Å²) in [6, 6.07) is 10.9. The van der Waals surface area contributed by atoms with Crippen molar-refractivity contribution in [1.29, 1.82) is 0 Å². The third kappa shape index (κ3) is 5.26. The van der Waals surface area contributed by atoms with Crippen molar-refractivity contribution < 1.29 is 19.2 Å². The minimum absolute atomic E-state index is 0.113. The number of nitro groups is 1. The number of ether oxygens (including phenoxy) is 1. The van der Waals surface area contributed by atoms with Crippen LogP contribution >= 0.6 is 0 Å². The van der Waals surface area contributed by atoms with Gasteiger partial charge in [-0.3, -0.25) is 30.7 Å². The number of hydrogen-bond donors (Lipinski definition) is 3. The van der Waals surface area contributed by atoms with Gasteiger partial charge < -0.3 is 10.1 Å². The summed E-state index contributed by atoms with van der Waals surface area (Å²) in [6.07, 6.45) is 2.54. The highest BCUT2D eigenvalue weighted by Crippen LogP contribution is 2.30. The molecule has 3 N–H and O–H groups in total. The largest absolute Gasteiger partial charge is 0.462 e. The van der Waals surface area contributed by atoms with Crippen molar-refractivity contribution in [2.24, 2.45) is 0 Å². The Morgan fingerprint density at radius 3 is 2.45 bits per heavy atom. The Labute approximate surface area is 175 Å². The van der Waals surface area contributed by atoms with E-state index < -0.39 is 22.5 Å². The molecule has 12 nitrogen and oxygen atoms in total. The highest BCUT2D eigenvalue weighted by atomic mass is 16.6. The SMILES string of the molecule is CCOC(=O)c1ccc(Nc2ncnc(NNC(=O)c3ccccn3)c2[N+](=O)[O-])cc1. The predicted molar refractivity (Wildman–Crippen MR) is 110 cm³/mol. The number of amides is 1. The number of carbonyl (C=O) groups excluding carboxylic acids is 2. The van der Waals surface area contributed by atoms with Crippen molar-refractivity contribution >= 4 is 34.9 Å². The molecule has 0 bridgehead atoms. The molecule has 3 aromatic rings. The summed E-state index contributed by atoms with van der Waals surface area (Å²) < 4.78 is 4.91. The zero-order chi connectivity index (χ0) is 22.2. The van der Waals surface area contributed by atoms with E-state index in [1.54, 1.807) is 31.2 Å². The van der Waals surface area contributed by atoms with E-state index in [1.807, 2.05) is 0 Å². The predicted octanol–water partition coefficient (Wildman–Crippen LogP) is 2.46. The van der Waals surface area contributed by atoms with Gasteiger partial charge in [-0.1, -0.05) is 6.07 Å². The topological polar surface area (TPSA) is 161 Å². The number of pyridine rings is 1. The van der Waals surface area contributed by atoms with Crippen molar-refractivity contribution in [3.8, 4) is 0 Å². The molecule has 0 aliphatic carbocycles. The molecule has 0 aliphatic heterocycles. The highest BCUT2D eigenvalue weighted by Gasteiger charge is 2.24. The smallest absolute Gasteiger partial charge is 0.355 e. The van der Waals surface area contributed by atoms with Gasteiger partial charge in [0.05, 0.1) is 17.1 Å². The fraction of sp³-hybridized carbons (Fsp3) is 0.105. The molecular formula is C19H17N7O5. The highest BCUT2D eigenvalue weighted by molar-refractivity contribution is 5.93. The third-order valence-electron chi connectivity index (χ3n) is 3.86. The maximum Gasteiger partial charge on any atom is 0.355 e. The molecule has 1 aromatic carbocycles. The second-order valence-corrected chi connectivity index (χ2v) is 5.89. The first-order valence-electron chi connectivity index (χ1n) is 9.00. The number of benzene rings is 1. The van der Waals surface area contributed by atoms with Gasteiger partial charge in [0.2, 0.25) is 11.6 Å². The van der Waals surface area contributed by atoms with E-state index in [0.717, 1.165) is 6.33 Å². The quantitative estimate of drug-likeness (QED) is 0.279. The molecule has 0 radical (unpaired) electrons. The van der Waals surface area contributed by atoms with Gasteiger partial charge in [-0.2, -0.15) is 0 Å². The number of hydrazine groups is 1. The van der Waals surface area contributed by atoms with Gasteiger partial charge in [0.1, 0.15) is 12.0 Å². The van der Waals surface area contributed by atoms with Gasteiger partial charge in [-0.25, -0.2) is 14.8 Å². The van der Waals surface area contributed by atoms with E-state index in [4.69, 9.17) is 4.74 Å². The maximum absolute atomic E-state index is 12.1. The van der Waals surface area contributed by atoms with Crippen molar-refractivity contribution in [1.82, 2.24) is 20.4 Å². The Hall–Kier alpha value is -4.61. The zero-order valence-corrected chi connectivity index (χ0v) is 16.2. The van der Waals surface area contributed by atoms with Crippen LogP contribution in [-0.2, 0) is 4.74 Å². The number of nitrogens with one attached hydrogen (secondary N) is 3. The first kappa shape index (κ1) is 21.1. The minimum Gasteiger partial charge on any atom is -0.462 e. The molecule has 158 valence electrons. The van der Waals surface area contributed by atoms with E-state index in [1.165, 1.54) is 24.4 Å². The molecule has 0 saturated carbocycles. The van der Waals surface area contributed by atoms with Crippen LogP contribution in [0.1, 0.15) is 27.8 Å². The van der Waals surface area contributed by atoms with Crippen LogP contribution in [0.3, 0.4) is 0 Å². The lowest BCUT2D eigenvalue weighted by Crippen LogP contribution is -2.31. The lowest BCUT2D eigenvalue weighted by atomic mass is 10.2. The lowest BCUT2D eigenvalue weighted by molar-refractivity contribution is -0.383. The van der Waals surface area contributed by atoms with Gasteiger partial charge in [-0.15, -0.1) is 0 Å². The van der Waals surface area contributed by atoms with Gasteiger partial charge in [-0.05, 0) is 43.3 Å². The monoisotopic (exact) mass is 423 g/mol. The average molecular weight is 423 g/mol. The number of rotatable bonds is 8. The number of nitrogens with zero attached hydrogens (tertiary/aromatic N) is 4. The van der Waals surface area contributed by atoms with E-state index in [9.17, 15) is 19.7 Å². The van der Waals surface area contributed by atoms with Crippen LogP contribution in [0.2, 0.25) is 0 Å². The van der Waals surface area contributed by atoms with Crippen molar-refractivity contribution in [3.63, 3.8) is 0 Å². The number of esters is 1. The van der Waals surface area contributed by atoms with Crippen LogP contribution in [-0.4, -0.2) is 38.4 Å². The van der Waals surface area contributed by atoms with Gasteiger partial charge in [0.15, 0.2) is 0 Å². The lowest BCUT2D eigenvalue weighted by Gasteiger charge is -2.11. The van der Waals surface area contributed by atoms with E-state index in [0.29, 0.717) is 11.3 Å². The molecule has 3 rings (SSSR count). The number of hydrogen-bond acceptors (Lipinski definition) is 10. The second kappa shape index (κ2) is 9.73. The number of anilines is 3. The van der Waals surface area contributed by atoms with Gasteiger partial charge in [0, 0.05) is 11.9 Å². The molecule has 0 saturated heterocycles. The number of carbonyl (C=O) groups is 2. The summed E-state index contributed by atoms with van der Waals surface area (Å²) in [7, 11) is 0. The van der Waals surface area contributed by atoms with Crippen LogP contribution in [0.15, 0.2) is 55.0 Å². The molecule has 0 fully saturated rings. The Kier molecular flexibility index (Phi) is 6.63. The molecule has 1 amide bonds. The van der Waals surface area contributed by atoms with Crippen LogP contribution in [0, 0.1) is 10.1 Å². The van der Waals surface area contributed by atoms with Crippen LogP contribution in [0.4, 0.5) is 23.0 Å². The summed E-state index contributed by atoms with van der Waals surface area (Å²) in [6.45, 7) is 1.95. The molecule has 2 heterocycles. The molecule has 0 aliphatic rings.